The van der Waals surface area contributed by atoms with Crippen LogP contribution >= 0.6 is 0 Å². The molecule has 1 aromatic carbocycles. The summed E-state index contributed by atoms with van der Waals surface area (Å²) in [4.78, 5) is 22.9. The number of amides is 1. The third-order valence-electron chi connectivity index (χ3n) is 3.68. The van der Waals surface area contributed by atoms with E-state index in [1.807, 2.05) is 0 Å². The molecule has 4 N–H and O–H groups in total. The van der Waals surface area contributed by atoms with E-state index in [1.165, 1.54) is 12.1 Å². The van der Waals surface area contributed by atoms with Crippen molar-refractivity contribution in [3.63, 3.8) is 0 Å². The second kappa shape index (κ2) is 8.26. The van der Waals surface area contributed by atoms with Crippen LogP contribution in [0.1, 0.15) is 32.3 Å². The molecule has 122 valence electrons. The molecule has 6 heteroatoms. The van der Waals surface area contributed by atoms with Crippen LogP contribution in [0.2, 0.25) is 0 Å². The molecule has 0 bridgehead atoms. The molecule has 0 saturated carbocycles. The van der Waals surface area contributed by atoms with Crippen LogP contribution in [0, 0.1) is 11.8 Å². The molecule has 22 heavy (non-hydrogen) atoms. The number of rotatable bonds is 8. The maximum atomic E-state index is 11.9. The van der Waals surface area contributed by atoms with Gasteiger partial charge in [-0.05, 0) is 37.0 Å². The maximum Gasteiger partial charge on any atom is 0.306 e. The number of aliphatic carboxylic acids is 1. The first-order chi connectivity index (χ1) is 10.3. The van der Waals surface area contributed by atoms with Crippen molar-refractivity contribution in [1.82, 2.24) is 5.32 Å². The van der Waals surface area contributed by atoms with Crippen LogP contribution in [0.5, 0.6) is 11.5 Å². The van der Waals surface area contributed by atoms with Crippen molar-refractivity contribution >= 4 is 11.9 Å². The third-order valence-corrected chi connectivity index (χ3v) is 3.68. The van der Waals surface area contributed by atoms with E-state index in [9.17, 15) is 19.8 Å². The fourth-order valence-corrected chi connectivity index (χ4v) is 2.20. The number of carboxylic acid groups (broad SMARTS) is 1. The summed E-state index contributed by atoms with van der Waals surface area (Å²) in [5.74, 6) is -2.29. The minimum atomic E-state index is -0.873. The largest absolute Gasteiger partial charge is 0.504 e. The van der Waals surface area contributed by atoms with Gasteiger partial charge in [0.05, 0.1) is 5.92 Å². The van der Waals surface area contributed by atoms with Crippen LogP contribution in [0.25, 0.3) is 0 Å². The van der Waals surface area contributed by atoms with Crippen molar-refractivity contribution in [2.45, 2.75) is 33.1 Å². The summed E-state index contributed by atoms with van der Waals surface area (Å²) in [6.45, 7) is 3.89. The average Bonchev–Trinajstić information content (AvgIpc) is 2.47. The molecule has 0 aliphatic carbocycles. The Kier molecular flexibility index (Phi) is 6.69. The number of aromatic hydroxyl groups is 2. The van der Waals surface area contributed by atoms with Crippen molar-refractivity contribution in [1.29, 1.82) is 0 Å². The number of carboxylic acids is 1. The van der Waals surface area contributed by atoms with Gasteiger partial charge < -0.3 is 20.6 Å². The van der Waals surface area contributed by atoms with Crippen molar-refractivity contribution in [3.8, 4) is 11.5 Å². The number of hydrogen-bond acceptors (Lipinski definition) is 4. The van der Waals surface area contributed by atoms with Crippen molar-refractivity contribution < 1.29 is 24.9 Å². The van der Waals surface area contributed by atoms with Crippen molar-refractivity contribution in [2.24, 2.45) is 11.8 Å². The van der Waals surface area contributed by atoms with Gasteiger partial charge in [0.15, 0.2) is 11.5 Å². The molecule has 0 aromatic heterocycles. The molecule has 0 saturated heterocycles. The first-order valence-corrected chi connectivity index (χ1v) is 7.36. The van der Waals surface area contributed by atoms with Crippen LogP contribution in [-0.4, -0.2) is 33.7 Å². The Morgan fingerprint density at radius 1 is 1.23 bits per heavy atom. The Labute approximate surface area is 129 Å². The van der Waals surface area contributed by atoms with E-state index >= 15 is 0 Å². The average molecular weight is 309 g/mol. The quantitative estimate of drug-likeness (QED) is 0.549. The summed E-state index contributed by atoms with van der Waals surface area (Å²) < 4.78 is 0. The molecule has 1 rings (SSSR count). The highest BCUT2D eigenvalue weighted by Gasteiger charge is 2.22. The van der Waals surface area contributed by atoms with Gasteiger partial charge in [-0.1, -0.05) is 19.9 Å². The first kappa shape index (κ1) is 17.8. The molecule has 2 unspecified atom stereocenters. The maximum absolute atomic E-state index is 11.9. The molecule has 1 amide bonds. The summed E-state index contributed by atoms with van der Waals surface area (Å²) in [5, 5.41) is 30.4. The van der Waals surface area contributed by atoms with E-state index in [4.69, 9.17) is 5.11 Å². The summed E-state index contributed by atoms with van der Waals surface area (Å²) in [6.07, 6.45) is 1.33. The molecular formula is C16H23NO5. The van der Waals surface area contributed by atoms with Gasteiger partial charge in [0.25, 0.3) is 0 Å². The lowest BCUT2D eigenvalue weighted by atomic mass is 9.93. The Bertz CT molecular complexity index is 529. The van der Waals surface area contributed by atoms with Gasteiger partial charge in [-0.15, -0.1) is 0 Å². The Hall–Kier alpha value is -2.24. The van der Waals surface area contributed by atoms with Gasteiger partial charge in [-0.2, -0.15) is 0 Å². The summed E-state index contributed by atoms with van der Waals surface area (Å²) in [7, 11) is 0. The zero-order chi connectivity index (χ0) is 16.7. The van der Waals surface area contributed by atoms with Gasteiger partial charge in [0.1, 0.15) is 0 Å². The molecule has 0 fully saturated rings. The zero-order valence-corrected chi connectivity index (χ0v) is 12.9. The Balaban J connectivity index is 2.41. The predicted octanol–water partition coefficient (Wildman–Crippen LogP) is 1.89. The monoisotopic (exact) mass is 309 g/mol. The van der Waals surface area contributed by atoms with E-state index in [0.29, 0.717) is 25.8 Å². The van der Waals surface area contributed by atoms with E-state index in [0.717, 1.165) is 5.56 Å². The SMILES string of the molecule is CCC(CC(C)C(=O)NCCc1ccc(O)c(O)c1)C(=O)O. The molecule has 0 heterocycles. The van der Waals surface area contributed by atoms with Crippen LogP contribution < -0.4 is 5.32 Å². The number of benzene rings is 1. The number of phenolic OH excluding ortho intramolecular Hbond substituents is 2. The fraction of sp³-hybridized carbons (Fsp3) is 0.500. The van der Waals surface area contributed by atoms with E-state index in [2.05, 4.69) is 5.32 Å². The molecule has 2 atom stereocenters. The standard InChI is InChI=1S/C16H23NO5/c1-3-12(16(21)22)8-10(2)15(20)17-7-6-11-4-5-13(18)14(19)9-11/h4-5,9-10,12,18-19H,3,6-8H2,1-2H3,(H,17,20)(H,21,22). The fourth-order valence-electron chi connectivity index (χ4n) is 2.20. The van der Waals surface area contributed by atoms with Crippen molar-refractivity contribution in [2.75, 3.05) is 6.54 Å². The molecule has 6 nitrogen and oxygen atoms in total. The highest BCUT2D eigenvalue weighted by atomic mass is 16.4. The van der Waals surface area contributed by atoms with E-state index in [-0.39, 0.29) is 23.3 Å². The summed E-state index contributed by atoms with van der Waals surface area (Å²) in [5.41, 5.74) is 0.792. The lowest BCUT2D eigenvalue weighted by molar-refractivity contribution is -0.142. The number of hydrogen-bond donors (Lipinski definition) is 4. The third kappa shape index (κ3) is 5.27. The highest BCUT2D eigenvalue weighted by molar-refractivity contribution is 5.79. The van der Waals surface area contributed by atoms with Gasteiger partial charge in [-0.3, -0.25) is 9.59 Å². The Morgan fingerprint density at radius 3 is 2.45 bits per heavy atom. The minimum absolute atomic E-state index is 0.178. The summed E-state index contributed by atoms with van der Waals surface area (Å²) >= 11 is 0. The van der Waals surface area contributed by atoms with E-state index in [1.54, 1.807) is 19.9 Å². The molecular weight excluding hydrogens is 286 g/mol. The number of nitrogens with one attached hydrogen (secondary N) is 1. The lowest BCUT2D eigenvalue weighted by Crippen LogP contribution is -2.32. The van der Waals surface area contributed by atoms with Gasteiger partial charge >= 0.3 is 5.97 Å². The minimum Gasteiger partial charge on any atom is -0.504 e. The van der Waals surface area contributed by atoms with Gasteiger partial charge in [-0.25, -0.2) is 0 Å². The highest BCUT2D eigenvalue weighted by Crippen LogP contribution is 2.24. The number of carbonyl (C=O) groups excluding carboxylic acids is 1. The van der Waals surface area contributed by atoms with Crippen molar-refractivity contribution in [3.05, 3.63) is 23.8 Å². The first-order valence-electron chi connectivity index (χ1n) is 7.36. The van der Waals surface area contributed by atoms with Crippen LogP contribution in [-0.2, 0) is 16.0 Å². The topological polar surface area (TPSA) is 107 Å². The number of phenols is 2. The van der Waals surface area contributed by atoms with Crippen LogP contribution in [0.4, 0.5) is 0 Å². The lowest BCUT2D eigenvalue weighted by Gasteiger charge is -2.16. The van der Waals surface area contributed by atoms with E-state index < -0.39 is 11.9 Å². The Morgan fingerprint density at radius 2 is 1.91 bits per heavy atom. The smallest absolute Gasteiger partial charge is 0.306 e. The molecule has 0 radical (unpaired) electrons. The van der Waals surface area contributed by atoms with Gasteiger partial charge in [0, 0.05) is 12.5 Å². The predicted molar refractivity (Wildman–Crippen MR) is 81.7 cm³/mol. The second-order valence-corrected chi connectivity index (χ2v) is 5.44. The molecule has 0 aliphatic heterocycles. The van der Waals surface area contributed by atoms with Crippen LogP contribution in [0.3, 0.4) is 0 Å². The second-order valence-electron chi connectivity index (χ2n) is 5.44. The van der Waals surface area contributed by atoms with Crippen LogP contribution in [0.15, 0.2) is 18.2 Å². The molecule has 0 spiro atoms. The zero-order valence-electron chi connectivity index (χ0n) is 12.9. The van der Waals surface area contributed by atoms with Gasteiger partial charge in [0.2, 0.25) is 5.91 Å². The normalized spacial score (nSPS) is 13.4. The summed E-state index contributed by atoms with van der Waals surface area (Å²) in [6, 6.07) is 4.51. The molecule has 0 aliphatic rings. The molecule has 1 aromatic rings. The number of carbonyl (C=O) groups is 2.